The van der Waals surface area contributed by atoms with Gasteiger partial charge < -0.3 is 9.84 Å². The molecule has 16 heavy (non-hydrogen) atoms. The fourth-order valence-electron chi connectivity index (χ4n) is 1.08. The number of esters is 1. The maximum absolute atomic E-state index is 10.9. The number of hydrogen-bond acceptors (Lipinski definition) is 3. The number of aromatic hydroxyl groups is 1. The van der Waals surface area contributed by atoms with Gasteiger partial charge in [0.1, 0.15) is 5.75 Å². The molecule has 0 aliphatic rings. The van der Waals surface area contributed by atoms with Gasteiger partial charge in [-0.15, -0.1) is 0 Å². The van der Waals surface area contributed by atoms with Crippen LogP contribution < -0.4 is 0 Å². The zero-order valence-corrected chi connectivity index (χ0v) is 9.09. The van der Waals surface area contributed by atoms with Gasteiger partial charge in [-0.05, 0) is 24.6 Å². The Morgan fingerprint density at radius 3 is 2.62 bits per heavy atom. The summed E-state index contributed by atoms with van der Waals surface area (Å²) in [4.78, 5) is 10.9. The second-order valence-electron chi connectivity index (χ2n) is 3.06. The van der Waals surface area contributed by atoms with E-state index in [1.807, 2.05) is 6.08 Å². The van der Waals surface area contributed by atoms with E-state index in [0.29, 0.717) is 6.61 Å². The van der Waals surface area contributed by atoms with E-state index >= 15 is 0 Å². The van der Waals surface area contributed by atoms with E-state index in [4.69, 9.17) is 9.84 Å². The maximum Gasteiger partial charge on any atom is 0.330 e. The lowest BCUT2D eigenvalue weighted by atomic mass is 10.2. The summed E-state index contributed by atoms with van der Waals surface area (Å²) < 4.78 is 4.72. The molecule has 1 rings (SSSR count). The van der Waals surface area contributed by atoms with Crippen molar-refractivity contribution in [2.45, 2.75) is 6.92 Å². The van der Waals surface area contributed by atoms with E-state index in [-0.39, 0.29) is 11.7 Å². The molecule has 0 aliphatic carbocycles. The molecular weight excluding hydrogens is 204 g/mol. The summed E-state index contributed by atoms with van der Waals surface area (Å²) in [6.45, 7) is 2.14. The number of hydrogen-bond donors (Lipinski definition) is 1. The molecular formula is C13H14O3. The number of phenols is 1. The fraction of sp³-hybridized carbons (Fsp3) is 0.154. The van der Waals surface area contributed by atoms with Gasteiger partial charge in [-0.3, -0.25) is 0 Å². The minimum absolute atomic E-state index is 0.235. The van der Waals surface area contributed by atoms with Crippen molar-refractivity contribution in [3.05, 3.63) is 48.1 Å². The number of allylic oxidation sites excluding steroid dienone is 2. The molecule has 0 radical (unpaired) electrons. The summed E-state index contributed by atoms with van der Waals surface area (Å²) in [5, 5.41) is 9.06. The van der Waals surface area contributed by atoms with Crippen molar-refractivity contribution in [3.63, 3.8) is 0 Å². The van der Waals surface area contributed by atoms with Crippen LogP contribution >= 0.6 is 0 Å². The Hall–Kier alpha value is -2.03. The van der Waals surface area contributed by atoms with Crippen LogP contribution in [0.15, 0.2) is 42.5 Å². The van der Waals surface area contributed by atoms with Crippen LogP contribution in [0.25, 0.3) is 6.08 Å². The molecule has 0 unspecified atom stereocenters. The number of carbonyl (C=O) groups is 1. The molecule has 0 saturated carbocycles. The normalized spacial score (nSPS) is 11.1. The quantitative estimate of drug-likeness (QED) is 0.480. The Morgan fingerprint density at radius 1 is 1.31 bits per heavy atom. The Morgan fingerprint density at radius 2 is 2.00 bits per heavy atom. The monoisotopic (exact) mass is 218 g/mol. The summed E-state index contributed by atoms with van der Waals surface area (Å²) >= 11 is 0. The first-order valence-corrected chi connectivity index (χ1v) is 5.03. The largest absolute Gasteiger partial charge is 0.508 e. The second kappa shape index (κ2) is 6.45. The Balaban J connectivity index is 2.48. The Bertz CT molecular complexity index is 388. The van der Waals surface area contributed by atoms with Crippen molar-refractivity contribution in [2.24, 2.45) is 0 Å². The zero-order chi connectivity index (χ0) is 11.8. The average Bonchev–Trinajstić information content (AvgIpc) is 2.27. The molecule has 0 spiro atoms. The zero-order valence-electron chi connectivity index (χ0n) is 9.09. The molecule has 0 heterocycles. The molecule has 0 atom stereocenters. The third-order valence-electron chi connectivity index (χ3n) is 1.81. The molecule has 0 aliphatic heterocycles. The van der Waals surface area contributed by atoms with Crippen LogP contribution in [0, 0.1) is 0 Å². The molecule has 0 bridgehead atoms. The molecule has 1 aromatic rings. The fourth-order valence-corrected chi connectivity index (χ4v) is 1.08. The number of rotatable bonds is 4. The molecule has 0 fully saturated rings. The predicted octanol–water partition coefficient (Wildman–Crippen LogP) is 2.52. The molecule has 0 saturated heterocycles. The smallest absolute Gasteiger partial charge is 0.330 e. The summed E-state index contributed by atoms with van der Waals surface area (Å²) in [6, 6.07) is 6.78. The van der Waals surface area contributed by atoms with Crippen LogP contribution in [0.4, 0.5) is 0 Å². The SMILES string of the molecule is CCOC(=O)C=CC=Cc1ccc(O)cc1. The summed E-state index contributed by atoms with van der Waals surface area (Å²) in [6.07, 6.45) is 6.55. The van der Waals surface area contributed by atoms with Gasteiger partial charge in [-0.2, -0.15) is 0 Å². The molecule has 0 amide bonds. The van der Waals surface area contributed by atoms with Crippen LogP contribution in [0.1, 0.15) is 12.5 Å². The van der Waals surface area contributed by atoms with Gasteiger partial charge in [0, 0.05) is 6.08 Å². The van der Waals surface area contributed by atoms with Gasteiger partial charge in [0.25, 0.3) is 0 Å². The second-order valence-corrected chi connectivity index (χ2v) is 3.06. The van der Waals surface area contributed by atoms with Gasteiger partial charge in [0.15, 0.2) is 0 Å². The predicted molar refractivity (Wildman–Crippen MR) is 62.9 cm³/mol. The lowest BCUT2D eigenvalue weighted by Crippen LogP contribution is -1.98. The first-order valence-electron chi connectivity index (χ1n) is 5.03. The van der Waals surface area contributed by atoms with E-state index in [9.17, 15) is 4.79 Å². The third kappa shape index (κ3) is 4.46. The molecule has 84 valence electrons. The molecule has 1 N–H and O–H groups in total. The molecule has 0 aromatic heterocycles. The lowest BCUT2D eigenvalue weighted by Gasteiger charge is -1.93. The standard InChI is InChI=1S/C13H14O3/c1-2-16-13(15)6-4-3-5-11-7-9-12(14)10-8-11/h3-10,14H,2H2,1H3. The average molecular weight is 218 g/mol. The van der Waals surface area contributed by atoms with Crippen molar-refractivity contribution in [1.82, 2.24) is 0 Å². The highest BCUT2D eigenvalue weighted by molar-refractivity contribution is 5.82. The highest BCUT2D eigenvalue weighted by Gasteiger charge is 1.90. The van der Waals surface area contributed by atoms with Gasteiger partial charge in [-0.1, -0.05) is 30.4 Å². The van der Waals surface area contributed by atoms with E-state index < -0.39 is 0 Å². The first kappa shape index (κ1) is 12.0. The number of ether oxygens (including phenoxy) is 1. The number of benzene rings is 1. The number of phenolic OH excluding ortho intramolecular Hbond substituents is 1. The van der Waals surface area contributed by atoms with Crippen LogP contribution in [-0.4, -0.2) is 17.7 Å². The first-order chi connectivity index (χ1) is 7.72. The van der Waals surface area contributed by atoms with Crippen LogP contribution in [0.3, 0.4) is 0 Å². The van der Waals surface area contributed by atoms with Crippen LogP contribution in [0.5, 0.6) is 5.75 Å². The summed E-state index contributed by atoms with van der Waals surface area (Å²) in [5.41, 5.74) is 0.950. The highest BCUT2D eigenvalue weighted by Crippen LogP contribution is 2.10. The number of carbonyl (C=O) groups excluding carboxylic acids is 1. The minimum atomic E-state index is -0.349. The summed E-state index contributed by atoms with van der Waals surface area (Å²) in [7, 11) is 0. The van der Waals surface area contributed by atoms with Crippen LogP contribution in [-0.2, 0) is 9.53 Å². The van der Waals surface area contributed by atoms with E-state index in [1.165, 1.54) is 6.08 Å². The van der Waals surface area contributed by atoms with Crippen LogP contribution in [0.2, 0.25) is 0 Å². The van der Waals surface area contributed by atoms with Crippen molar-refractivity contribution < 1.29 is 14.6 Å². The van der Waals surface area contributed by atoms with Crippen molar-refractivity contribution in [2.75, 3.05) is 6.61 Å². The minimum Gasteiger partial charge on any atom is -0.508 e. The Kier molecular flexibility index (Phi) is 4.86. The van der Waals surface area contributed by atoms with E-state index in [2.05, 4.69) is 0 Å². The third-order valence-corrected chi connectivity index (χ3v) is 1.81. The van der Waals surface area contributed by atoms with Gasteiger partial charge in [-0.25, -0.2) is 4.79 Å². The van der Waals surface area contributed by atoms with Gasteiger partial charge in [0.05, 0.1) is 6.61 Å². The summed E-state index contributed by atoms with van der Waals surface area (Å²) in [5.74, 6) is -0.114. The lowest BCUT2D eigenvalue weighted by molar-refractivity contribution is -0.137. The Labute approximate surface area is 94.7 Å². The topological polar surface area (TPSA) is 46.5 Å². The molecule has 3 heteroatoms. The van der Waals surface area contributed by atoms with Gasteiger partial charge >= 0.3 is 5.97 Å². The van der Waals surface area contributed by atoms with Gasteiger partial charge in [0.2, 0.25) is 0 Å². The molecule has 3 nitrogen and oxygen atoms in total. The molecule has 1 aromatic carbocycles. The van der Waals surface area contributed by atoms with Crippen molar-refractivity contribution in [1.29, 1.82) is 0 Å². The van der Waals surface area contributed by atoms with Crippen molar-refractivity contribution >= 4 is 12.0 Å². The highest BCUT2D eigenvalue weighted by atomic mass is 16.5. The van der Waals surface area contributed by atoms with E-state index in [1.54, 1.807) is 43.3 Å². The van der Waals surface area contributed by atoms with Crippen molar-refractivity contribution in [3.8, 4) is 5.75 Å². The maximum atomic E-state index is 10.9. The van der Waals surface area contributed by atoms with E-state index in [0.717, 1.165) is 5.56 Å².